The molecule has 0 bridgehead atoms. The molecule has 0 aliphatic heterocycles. The van der Waals surface area contributed by atoms with Crippen LogP contribution in [-0.2, 0) is 4.74 Å². The third kappa shape index (κ3) is 4.07. The second-order valence-corrected chi connectivity index (χ2v) is 4.02. The minimum atomic E-state index is 0.431. The first kappa shape index (κ1) is 12.9. The normalized spacial score (nSPS) is 16.6. The molecule has 0 radical (unpaired) electrons. The van der Waals surface area contributed by atoms with Gasteiger partial charge in [0.25, 0.3) is 0 Å². The van der Waals surface area contributed by atoms with Crippen LogP contribution >= 0.6 is 0 Å². The highest BCUT2D eigenvalue weighted by atomic mass is 16.5. The first-order chi connectivity index (χ1) is 6.04. The Kier molecular flexibility index (Phi) is 6.29. The molecule has 0 heterocycles. The van der Waals surface area contributed by atoms with Gasteiger partial charge in [0, 0.05) is 25.7 Å². The predicted octanol–water partition coefficient (Wildman–Crippen LogP) is 0.936. The molecule has 0 saturated heterocycles. The van der Waals surface area contributed by atoms with Crippen LogP contribution in [0.3, 0.4) is 0 Å². The summed E-state index contributed by atoms with van der Waals surface area (Å²) in [5.41, 5.74) is 5.73. The van der Waals surface area contributed by atoms with Gasteiger partial charge in [-0.25, -0.2) is 0 Å². The van der Waals surface area contributed by atoms with E-state index in [-0.39, 0.29) is 0 Å². The molecule has 80 valence electrons. The van der Waals surface area contributed by atoms with Crippen LogP contribution < -0.4 is 5.73 Å². The Morgan fingerprint density at radius 1 is 1.31 bits per heavy atom. The zero-order chi connectivity index (χ0) is 10.4. The molecule has 0 fully saturated rings. The van der Waals surface area contributed by atoms with E-state index in [9.17, 15) is 0 Å². The van der Waals surface area contributed by atoms with Gasteiger partial charge in [0.15, 0.2) is 0 Å². The fourth-order valence-corrected chi connectivity index (χ4v) is 1.59. The van der Waals surface area contributed by atoms with Gasteiger partial charge in [0.2, 0.25) is 0 Å². The van der Waals surface area contributed by atoms with Gasteiger partial charge >= 0.3 is 0 Å². The van der Waals surface area contributed by atoms with Crippen molar-refractivity contribution in [3.05, 3.63) is 0 Å². The molecule has 0 amide bonds. The molecule has 0 saturated carbocycles. The van der Waals surface area contributed by atoms with Crippen molar-refractivity contribution in [1.29, 1.82) is 0 Å². The van der Waals surface area contributed by atoms with Crippen LogP contribution in [0, 0.1) is 5.92 Å². The molecule has 0 rings (SSSR count). The number of nitrogens with two attached hydrogens (primary N) is 1. The Bertz CT molecular complexity index is 128. The Balaban J connectivity index is 4.10. The van der Waals surface area contributed by atoms with Crippen LogP contribution in [0.4, 0.5) is 0 Å². The van der Waals surface area contributed by atoms with Crippen LogP contribution in [-0.4, -0.2) is 44.3 Å². The highest BCUT2D eigenvalue weighted by Gasteiger charge is 2.20. The third-order valence-electron chi connectivity index (χ3n) is 2.64. The van der Waals surface area contributed by atoms with Crippen LogP contribution in [0.5, 0.6) is 0 Å². The van der Waals surface area contributed by atoms with Gasteiger partial charge in [-0.05, 0) is 19.9 Å². The molecule has 3 nitrogen and oxygen atoms in total. The van der Waals surface area contributed by atoms with Crippen LogP contribution in [0.15, 0.2) is 0 Å². The molecule has 0 aliphatic carbocycles. The predicted molar refractivity (Wildman–Crippen MR) is 56.8 cm³/mol. The topological polar surface area (TPSA) is 38.5 Å². The fourth-order valence-electron chi connectivity index (χ4n) is 1.59. The summed E-state index contributed by atoms with van der Waals surface area (Å²) in [5.74, 6) is 0.592. The van der Waals surface area contributed by atoms with E-state index >= 15 is 0 Å². The van der Waals surface area contributed by atoms with E-state index in [1.165, 1.54) is 0 Å². The molecule has 0 aromatic rings. The molecule has 2 N–H and O–H groups in total. The summed E-state index contributed by atoms with van der Waals surface area (Å²) in [6, 6.07) is 0.881. The van der Waals surface area contributed by atoms with Crippen molar-refractivity contribution in [2.24, 2.45) is 11.7 Å². The molecule has 0 spiro atoms. The lowest BCUT2D eigenvalue weighted by atomic mass is 10.0. The van der Waals surface area contributed by atoms with E-state index in [2.05, 4.69) is 32.7 Å². The van der Waals surface area contributed by atoms with Crippen molar-refractivity contribution in [1.82, 2.24) is 4.90 Å². The largest absolute Gasteiger partial charge is 0.383 e. The van der Waals surface area contributed by atoms with Crippen molar-refractivity contribution in [2.75, 3.05) is 27.3 Å². The molecule has 0 aromatic heterocycles. The summed E-state index contributed by atoms with van der Waals surface area (Å²) < 4.78 is 5.12. The van der Waals surface area contributed by atoms with Gasteiger partial charge in [0.1, 0.15) is 0 Å². The summed E-state index contributed by atoms with van der Waals surface area (Å²) in [4.78, 5) is 2.30. The van der Waals surface area contributed by atoms with E-state index in [4.69, 9.17) is 10.5 Å². The van der Waals surface area contributed by atoms with Gasteiger partial charge < -0.3 is 10.5 Å². The standard InChI is InChI=1S/C10H24N2O/c1-8(2)10(6-11)12(4)9(3)7-13-5/h8-10H,6-7,11H2,1-5H3. The van der Waals surface area contributed by atoms with E-state index in [1.54, 1.807) is 7.11 Å². The van der Waals surface area contributed by atoms with Crippen LogP contribution in [0.1, 0.15) is 20.8 Å². The van der Waals surface area contributed by atoms with Crippen molar-refractivity contribution in [3.8, 4) is 0 Å². The lowest BCUT2D eigenvalue weighted by molar-refractivity contribution is 0.0763. The zero-order valence-corrected chi connectivity index (χ0v) is 9.58. The summed E-state index contributed by atoms with van der Waals surface area (Å²) in [7, 11) is 3.85. The Morgan fingerprint density at radius 3 is 2.15 bits per heavy atom. The maximum atomic E-state index is 5.73. The van der Waals surface area contributed by atoms with Crippen LogP contribution in [0.2, 0.25) is 0 Å². The number of hydrogen-bond acceptors (Lipinski definition) is 3. The first-order valence-electron chi connectivity index (χ1n) is 4.95. The Morgan fingerprint density at radius 2 is 1.85 bits per heavy atom. The Hall–Kier alpha value is -0.120. The lowest BCUT2D eigenvalue weighted by Gasteiger charge is -2.34. The fraction of sp³-hybridized carbons (Fsp3) is 1.00. The summed E-state index contributed by atoms with van der Waals surface area (Å²) in [6.45, 7) is 8.04. The highest BCUT2D eigenvalue weighted by Crippen LogP contribution is 2.10. The average molecular weight is 188 g/mol. The molecule has 2 unspecified atom stereocenters. The quantitative estimate of drug-likeness (QED) is 0.674. The molecule has 13 heavy (non-hydrogen) atoms. The Labute approximate surface area is 82.2 Å². The summed E-state index contributed by atoms with van der Waals surface area (Å²) >= 11 is 0. The maximum absolute atomic E-state index is 5.73. The van der Waals surface area contributed by atoms with Gasteiger partial charge in [-0.15, -0.1) is 0 Å². The summed E-state index contributed by atoms with van der Waals surface area (Å²) in [5, 5.41) is 0. The molecular formula is C10H24N2O. The summed E-state index contributed by atoms with van der Waals surface area (Å²) in [6.07, 6.45) is 0. The van der Waals surface area contributed by atoms with E-state index in [0.29, 0.717) is 24.5 Å². The van der Waals surface area contributed by atoms with Gasteiger partial charge in [0.05, 0.1) is 6.61 Å². The molecule has 3 heteroatoms. The number of rotatable bonds is 6. The van der Waals surface area contributed by atoms with Crippen LogP contribution in [0.25, 0.3) is 0 Å². The highest BCUT2D eigenvalue weighted by molar-refractivity contribution is 4.76. The zero-order valence-electron chi connectivity index (χ0n) is 9.58. The van der Waals surface area contributed by atoms with E-state index in [1.807, 2.05) is 0 Å². The molecule has 0 aliphatic rings. The number of methoxy groups -OCH3 is 1. The second kappa shape index (κ2) is 6.35. The van der Waals surface area contributed by atoms with Crippen molar-refractivity contribution in [3.63, 3.8) is 0 Å². The van der Waals surface area contributed by atoms with Crippen molar-refractivity contribution >= 4 is 0 Å². The number of likely N-dealkylation sites (N-methyl/N-ethyl adjacent to an activating group) is 1. The second-order valence-electron chi connectivity index (χ2n) is 4.02. The minimum Gasteiger partial charge on any atom is -0.383 e. The lowest BCUT2D eigenvalue weighted by Crippen LogP contribution is -2.47. The van der Waals surface area contributed by atoms with E-state index in [0.717, 1.165) is 6.61 Å². The van der Waals surface area contributed by atoms with E-state index < -0.39 is 0 Å². The third-order valence-corrected chi connectivity index (χ3v) is 2.64. The number of nitrogens with zero attached hydrogens (tertiary/aromatic N) is 1. The van der Waals surface area contributed by atoms with Crippen molar-refractivity contribution in [2.45, 2.75) is 32.9 Å². The average Bonchev–Trinajstić information content (AvgIpc) is 2.05. The monoisotopic (exact) mass is 188 g/mol. The SMILES string of the molecule is COCC(C)N(C)C(CN)C(C)C. The van der Waals surface area contributed by atoms with Gasteiger partial charge in [-0.1, -0.05) is 13.8 Å². The number of hydrogen-bond donors (Lipinski definition) is 1. The maximum Gasteiger partial charge on any atom is 0.0615 e. The molecular weight excluding hydrogens is 164 g/mol. The van der Waals surface area contributed by atoms with Crippen molar-refractivity contribution < 1.29 is 4.74 Å². The van der Waals surface area contributed by atoms with Gasteiger partial charge in [-0.2, -0.15) is 0 Å². The number of ether oxygens (including phenoxy) is 1. The molecule has 2 atom stereocenters. The minimum absolute atomic E-state index is 0.431. The smallest absolute Gasteiger partial charge is 0.0615 e. The van der Waals surface area contributed by atoms with Gasteiger partial charge in [-0.3, -0.25) is 4.90 Å². The first-order valence-corrected chi connectivity index (χ1v) is 4.95. The molecule has 0 aromatic carbocycles.